The second-order valence-corrected chi connectivity index (χ2v) is 8.14. The predicted molar refractivity (Wildman–Crippen MR) is 113 cm³/mol. The van der Waals surface area contributed by atoms with Gasteiger partial charge < -0.3 is 14.4 Å². The molecule has 29 heavy (non-hydrogen) atoms. The maximum absolute atomic E-state index is 13.2. The monoisotopic (exact) mass is 416 g/mol. The van der Waals surface area contributed by atoms with Gasteiger partial charge in [0.1, 0.15) is 15.6 Å². The van der Waals surface area contributed by atoms with Crippen molar-refractivity contribution in [3.05, 3.63) is 34.8 Å². The highest BCUT2D eigenvalue weighted by atomic mass is 32.1. The Hall–Kier alpha value is -2.41. The van der Waals surface area contributed by atoms with Crippen LogP contribution >= 0.6 is 11.3 Å². The van der Waals surface area contributed by atoms with Gasteiger partial charge in [-0.25, -0.2) is 4.98 Å². The quantitative estimate of drug-likeness (QED) is 0.540. The van der Waals surface area contributed by atoms with Crippen LogP contribution in [0, 0.1) is 12.8 Å². The minimum Gasteiger partial charge on any atom is -0.494 e. The Balaban J connectivity index is 1.74. The van der Waals surface area contributed by atoms with E-state index in [1.54, 1.807) is 11.8 Å². The Morgan fingerprint density at radius 3 is 2.52 bits per heavy atom. The first kappa shape index (κ1) is 21.3. The molecule has 0 spiro atoms. The standard InChI is InChI=1S/C22H28N2O4S/c1-4-27-18-10-8-17(9-11-18)21-23-15(3)20(29-21)22(26)24(14-16-6-7-16)13-12-19(25)28-5-2/h8-11,16H,4-7,12-14H2,1-3H3. The molecule has 1 amide bonds. The molecule has 1 heterocycles. The number of rotatable bonds is 10. The average molecular weight is 417 g/mol. The summed E-state index contributed by atoms with van der Waals surface area (Å²) in [6.45, 7) is 7.64. The van der Waals surface area contributed by atoms with Crippen molar-refractivity contribution < 1.29 is 19.1 Å². The minimum atomic E-state index is -0.266. The lowest BCUT2D eigenvalue weighted by Gasteiger charge is -2.21. The summed E-state index contributed by atoms with van der Waals surface area (Å²) in [5.41, 5.74) is 1.68. The fourth-order valence-corrected chi connectivity index (χ4v) is 4.11. The fourth-order valence-electron chi connectivity index (χ4n) is 3.07. The van der Waals surface area contributed by atoms with Gasteiger partial charge in [-0.05, 0) is 63.8 Å². The van der Waals surface area contributed by atoms with Gasteiger partial charge in [0.05, 0.1) is 25.3 Å². The summed E-state index contributed by atoms with van der Waals surface area (Å²) in [6, 6.07) is 7.74. The van der Waals surface area contributed by atoms with Crippen LogP contribution in [-0.2, 0) is 9.53 Å². The molecule has 0 unspecified atom stereocenters. The maximum atomic E-state index is 13.2. The van der Waals surface area contributed by atoms with E-state index in [1.165, 1.54) is 11.3 Å². The Kier molecular flexibility index (Phi) is 7.25. The number of hydrogen-bond acceptors (Lipinski definition) is 6. The van der Waals surface area contributed by atoms with Crippen LogP contribution < -0.4 is 4.74 Å². The predicted octanol–water partition coefficient (Wildman–Crippen LogP) is 4.32. The van der Waals surface area contributed by atoms with Gasteiger partial charge in [-0.2, -0.15) is 0 Å². The van der Waals surface area contributed by atoms with E-state index in [0.717, 1.165) is 34.9 Å². The van der Waals surface area contributed by atoms with Crippen LogP contribution in [0.1, 0.15) is 48.5 Å². The zero-order valence-electron chi connectivity index (χ0n) is 17.3. The summed E-state index contributed by atoms with van der Waals surface area (Å²) in [7, 11) is 0. The molecule has 156 valence electrons. The molecule has 2 aromatic rings. The molecule has 0 atom stereocenters. The summed E-state index contributed by atoms with van der Waals surface area (Å²) in [5, 5.41) is 0.811. The Morgan fingerprint density at radius 2 is 1.90 bits per heavy atom. The molecule has 7 heteroatoms. The fraction of sp³-hybridized carbons (Fsp3) is 0.500. The van der Waals surface area contributed by atoms with E-state index in [-0.39, 0.29) is 18.3 Å². The van der Waals surface area contributed by atoms with Crippen LogP contribution in [0.4, 0.5) is 0 Å². The lowest BCUT2D eigenvalue weighted by molar-refractivity contribution is -0.143. The highest BCUT2D eigenvalue weighted by molar-refractivity contribution is 7.17. The van der Waals surface area contributed by atoms with E-state index in [2.05, 4.69) is 4.98 Å². The first-order chi connectivity index (χ1) is 14.0. The van der Waals surface area contributed by atoms with Crippen LogP contribution in [0.3, 0.4) is 0 Å². The van der Waals surface area contributed by atoms with E-state index in [1.807, 2.05) is 38.1 Å². The summed E-state index contributed by atoms with van der Waals surface area (Å²) in [4.78, 5) is 32.0. The Bertz CT molecular complexity index is 843. The molecule has 6 nitrogen and oxygen atoms in total. The first-order valence-corrected chi connectivity index (χ1v) is 11.0. The van der Waals surface area contributed by atoms with E-state index in [0.29, 0.717) is 37.1 Å². The number of aromatic nitrogens is 1. The lowest BCUT2D eigenvalue weighted by Crippen LogP contribution is -2.35. The molecule has 1 saturated carbocycles. The zero-order chi connectivity index (χ0) is 20.8. The number of benzene rings is 1. The van der Waals surface area contributed by atoms with Crippen LogP contribution in [0.25, 0.3) is 10.6 Å². The van der Waals surface area contributed by atoms with Crippen molar-refractivity contribution in [1.29, 1.82) is 0 Å². The second kappa shape index (κ2) is 9.87. The van der Waals surface area contributed by atoms with Crippen molar-refractivity contribution in [3.8, 4) is 16.3 Å². The second-order valence-electron chi connectivity index (χ2n) is 7.14. The minimum absolute atomic E-state index is 0.0478. The van der Waals surface area contributed by atoms with E-state index in [4.69, 9.17) is 9.47 Å². The highest BCUT2D eigenvalue weighted by Crippen LogP contribution is 2.33. The Morgan fingerprint density at radius 1 is 1.17 bits per heavy atom. The molecule has 0 N–H and O–H groups in total. The molecule has 3 rings (SSSR count). The number of aryl methyl sites for hydroxylation is 1. The molecule has 0 bridgehead atoms. The molecule has 1 fully saturated rings. The van der Waals surface area contributed by atoms with Gasteiger partial charge in [0.15, 0.2) is 0 Å². The molecular formula is C22H28N2O4S. The molecule has 0 saturated heterocycles. The molecule has 0 aliphatic heterocycles. The third kappa shape index (κ3) is 5.79. The number of hydrogen-bond donors (Lipinski definition) is 0. The third-order valence-electron chi connectivity index (χ3n) is 4.76. The number of thiazole rings is 1. The van der Waals surface area contributed by atoms with Gasteiger partial charge in [-0.15, -0.1) is 11.3 Å². The van der Waals surface area contributed by atoms with Crippen molar-refractivity contribution in [2.24, 2.45) is 5.92 Å². The highest BCUT2D eigenvalue weighted by Gasteiger charge is 2.29. The van der Waals surface area contributed by atoms with Gasteiger partial charge in [0, 0.05) is 18.7 Å². The van der Waals surface area contributed by atoms with Gasteiger partial charge in [0.2, 0.25) is 0 Å². The van der Waals surface area contributed by atoms with Crippen molar-refractivity contribution >= 4 is 23.2 Å². The van der Waals surface area contributed by atoms with Gasteiger partial charge in [-0.1, -0.05) is 0 Å². The summed E-state index contributed by atoms with van der Waals surface area (Å²) in [5.74, 6) is 1.04. The van der Waals surface area contributed by atoms with Crippen LogP contribution in [0.5, 0.6) is 5.75 Å². The Labute approximate surface area is 175 Å². The largest absolute Gasteiger partial charge is 0.494 e. The molecule has 1 aliphatic carbocycles. The van der Waals surface area contributed by atoms with Crippen molar-refractivity contribution in [2.45, 2.75) is 40.0 Å². The van der Waals surface area contributed by atoms with Gasteiger partial charge in [0.25, 0.3) is 5.91 Å². The summed E-state index contributed by atoms with van der Waals surface area (Å²) in [6.07, 6.45) is 2.50. The number of amides is 1. The molecule has 1 aromatic carbocycles. The van der Waals surface area contributed by atoms with Gasteiger partial charge in [-0.3, -0.25) is 9.59 Å². The van der Waals surface area contributed by atoms with E-state index < -0.39 is 0 Å². The number of carbonyl (C=O) groups is 2. The average Bonchev–Trinajstić information content (AvgIpc) is 3.45. The van der Waals surface area contributed by atoms with Crippen molar-refractivity contribution in [2.75, 3.05) is 26.3 Å². The SMILES string of the molecule is CCOC(=O)CCN(CC1CC1)C(=O)c1sc(-c2ccc(OCC)cc2)nc1C. The first-order valence-electron chi connectivity index (χ1n) is 10.2. The molecule has 0 radical (unpaired) electrons. The number of ether oxygens (including phenoxy) is 2. The van der Waals surface area contributed by atoms with Crippen molar-refractivity contribution in [1.82, 2.24) is 9.88 Å². The van der Waals surface area contributed by atoms with Crippen molar-refractivity contribution in [3.63, 3.8) is 0 Å². The van der Waals surface area contributed by atoms with Crippen LogP contribution in [0.2, 0.25) is 0 Å². The van der Waals surface area contributed by atoms with E-state index >= 15 is 0 Å². The number of nitrogens with zero attached hydrogens (tertiary/aromatic N) is 2. The number of carbonyl (C=O) groups excluding carboxylic acids is 2. The summed E-state index contributed by atoms with van der Waals surface area (Å²) >= 11 is 1.40. The smallest absolute Gasteiger partial charge is 0.307 e. The number of esters is 1. The topological polar surface area (TPSA) is 68.7 Å². The molecular weight excluding hydrogens is 388 g/mol. The molecule has 1 aromatic heterocycles. The molecule has 1 aliphatic rings. The van der Waals surface area contributed by atoms with E-state index in [9.17, 15) is 9.59 Å². The van der Waals surface area contributed by atoms with Crippen LogP contribution in [0.15, 0.2) is 24.3 Å². The maximum Gasteiger partial charge on any atom is 0.307 e. The van der Waals surface area contributed by atoms with Crippen LogP contribution in [-0.4, -0.2) is 48.1 Å². The van der Waals surface area contributed by atoms with Gasteiger partial charge >= 0.3 is 5.97 Å². The zero-order valence-corrected chi connectivity index (χ0v) is 18.1. The third-order valence-corrected chi connectivity index (χ3v) is 5.95. The normalized spacial score (nSPS) is 13.2. The lowest BCUT2D eigenvalue weighted by atomic mass is 10.2. The summed E-state index contributed by atoms with van der Waals surface area (Å²) < 4.78 is 10.5.